The first-order valence-electron chi connectivity index (χ1n) is 8.89. The van der Waals surface area contributed by atoms with Crippen molar-refractivity contribution in [2.75, 3.05) is 7.11 Å². The number of methoxy groups -OCH3 is 1. The van der Waals surface area contributed by atoms with Crippen molar-refractivity contribution < 1.29 is 24.2 Å². The molecule has 7 heteroatoms. The average molecular weight is 460 g/mol. The fourth-order valence-electron chi connectivity index (χ4n) is 2.42. The molecule has 6 nitrogen and oxygen atoms in total. The zero-order valence-corrected chi connectivity index (χ0v) is 17.9. The fourth-order valence-corrected chi connectivity index (χ4v) is 2.68. The highest BCUT2D eigenvalue weighted by molar-refractivity contribution is 9.10. The Morgan fingerprint density at radius 1 is 1.07 bits per heavy atom. The smallest absolute Gasteiger partial charge is 0.336 e. The topological polar surface area (TPSA) is 85.2 Å². The van der Waals surface area contributed by atoms with E-state index < -0.39 is 18.0 Å². The van der Waals surface area contributed by atoms with Gasteiger partial charge in [-0.05, 0) is 53.5 Å². The summed E-state index contributed by atoms with van der Waals surface area (Å²) in [6, 6.07) is 11.5. The lowest BCUT2D eigenvalue weighted by atomic mass is 10.1. The highest BCUT2D eigenvalue weighted by Crippen LogP contribution is 2.28. The van der Waals surface area contributed by atoms with Crippen LogP contribution in [0.25, 0.3) is 6.08 Å². The molecule has 0 aromatic heterocycles. The monoisotopic (exact) mass is 459 g/mol. The molecule has 1 N–H and O–H groups in total. The van der Waals surface area contributed by atoms with Crippen LogP contribution in [0.2, 0.25) is 0 Å². The highest BCUT2D eigenvalue weighted by atomic mass is 79.9. The van der Waals surface area contributed by atoms with Crippen LogP contribution in [0.1, 0.15) is 25.0 Å². The molecule has 2 aromatic rings. The number of carboxylic acid groups (broad SMARTS) is 1. The highest BCUT2D eigenvalue weighted by Gasteiger charge is 2.19. The Balaban J connectivity index is 2.10. The first-order valence-corrected chi connectivity index (χ1v) is 9.69. The van der Waals surface area contributed by atoms with E-state index in [1.165, 1.54) is 19.4 Å². The predicted octanol–water partition coefficient (Wildman–Crippen LogP) is 4.60. The number of hydrogen-bond donors (Lipinski definition) is 1. The molecule has 0 heterocycles. The van der Waals surface area contributed by atoms with Gasteiger partial charge in [0.1, 0.15) is 6.04 Å². The Labute approximate surface area is 178 Å². The zero-order chi connectivity index (χ0) is 21.4. The second-order valence-corrected chi connectivity index (χ2v) is 7.44. The summed E-state index contributed by atoms with van der Waals surface area (Å²) in [6.07, 6.45) is 4.46. The van der Waals surface area contributed by atoms with E-state index in [4.69, 9.17) is 9.47 Å². The van der Waals surface area contributed by atoms with Crippen LogP contribution in [0.5, 0.6) is 11.5 Å². The second-order valence-electron chi connectivity index (χ2n) is 6.52. The largest absolute Gasteiger partial charge is 0.493 e. The average Bonchev–Trinajstić information content (AvgIpc) is 2.68. The van der Waals surface area contributed by atoms with E-state index in [9.17, 15) is 14.7 Å². The van der Waals surface area contributed by atoms with Crippen LogP contribution < -0.4 is 9.47 Å². The molecule has 152 valence electrons. The Bertz CT molecular complexity index is 919. The number of aliphatic carboxylic acids is 1. The van der Waals surface area contributed by atoms with Gasteiger partial charge in [-0.25, -0.2) is 9.59 Å². The summed E-state index contributed by atoms with van der Waals surface area (Å²) in [7, 11) is 1.46. The maximum absolute atomic E-state index is 12.1. The van der Waals surface area contributed by atoms with Gasteiger partial charge < -0.3 is 14.6 Å². The maximum atomic E-state index is 12.1. The summed E-state index contributed by atoms with van der Waals surface area (Å²) in [6.45, 7) is 3.59. The van der Waals surface area contributed by atoms with Crippen LogP contribution in [0.4, 0.5) is 0 Å². The number of aliphatic imine (C=N–C) groups is 1. The van der Waals surface area contributed by atoms with E-state index in [1.807, 2.05) is 24.3 Å². The minimum Gasteiger partial charge on any atom is -0.493 e. The van der Waals surface area contributed by atoms with Crippen molar-refractivity contribution in [3.05, 3.63) is 64.1 Å². The Morgan fingerprint density at radius 3 is 2.31 bits per heavy atom. The third kappa shape index (κ3) is 6.87. The quantitative estimate of drug-likeness (QED) is 0.269. The fraction of sp³-hybridized carbons (Fsp3) is 0.227. The normalized spacial score (nSPS) is 12.4. The number of carbonyl (C=O) groups is 2. The number of halogens is 1. The predicted molar refractivity (Wildman–Crippen MR) is 116 cm³/mol. The molecule has 0 fully saturated rings. The lowest BCUT2D eigenvalue weighted by Crippen LogP contribution is -2.24. The number of hydrogen-bond acceptors (Lipinski definition) is 5. The molecule has 1 unspecified atom stereocenters. The lowest BCUT2D eigenvalue weighted by molar-refractivity contribution is -0.139. The molecule has 1 atom stereocenters. The van der Waals surface area contributed by atoms with Gasteiger partial charge in [-0.3, -0.25) is 4.99 Å². The summed E-state index contributed by atoms with van der Waals surface area (Å²) in [5.74, 6) is -1.06. The van der Waals surface area contributed by atoms with Crippen molar-refractivity contribution in [2.24, 2.45) is 10.9 Å². The molecule has 0 aliphatic heterocycles. The van der Waals surface area contributed by atoms with Crippen molar-refractivity contribution in [3.63, 3.8) is 0 Å². The van der Waals surface area contributed by atoms with Gasteiger partial charge in [-0.2, -0.15) is 0 Å². The first-order chi connectivity index (χ1) is 13.8. The Kier molecular flexibility index (Phi) is 8.15. The number of rotatable bonds is 8. The zero-order valence-electron chi connectivity index (χ0n) is 16.3. The van der Waals surface area contributed by atoms with Crippen molar-refractivity contribution in [1.29, 1.82) is 0 Å². The van der Waals surface area contributed by atoms with Crippen LogP contribution in [0.3, 0.4) is 0 Å². The van der Waals surface area contributed by atoms with Crippen LogP contribution in [-0.4, -0.2) is 36.4 Å². The van der Waals surface area contributed by atoms with E-state index in [1.54, 1.807) is 38.1 Å². The van der Waals surface area contributed by atoms with Crippen molar-refractivity contribution in [1.82, 2.24) is 0 Å². The molecule has 0 saturated heterocycles. The molecule has 0 aliphatic carbocycles. The second kappa shape index (κ2) is 10.6. The molecule has 0 spiro atoms. The van der Waals surface area contributed by atoms with Gasteiger partial charge >= 0.3 is 11.9 Å². The van der Waals surface area contributed by atoms with E-state index in [0.717, 1.165) is 10.0 Å². The van der Waals surface area contributed by atoms with Gasteiger partial charge in [-0.1, -0.05) is 41.9 Å². The van der Waals surface area contributed by atoms with Crippen LogP contribution in [0.15, 0.2) is 58.0 Å². The molecule has 0 amide bonds. The standard InChI is InChI=1S/C22H22BrNO5/c1-14(2)21(22(26)27)24-13-16-6-10-18(19(12-16)28-3)29-20(25)11-7-15-4-8-17(23)9-5-15/h4-14,21H,1-3H3,(H,26,27)/b11-7+,24-13+. The molecule has 0 bridgehead atoms. The lowest BCUT2D eigenvalue weighted by Gasteiger charge is -2.11. The number of nitrogens with zero attached hydrogens (tertiary/aromatic N) is 1. The summed E-state index contributed by atoms with van der Waals surface area (Å²) < 4.78 is 11.6. The third-order valence-electron chi connectivity index (χ3n) is 3.95. The molecule has 0 saturated carbocycles. The maximum Gasteiger partial charge on any atom is 0.336 e. The SMILES string of the molecule is COc1cc(/C=N/C(C(=O)O)C(C)C)ccc1OC(=O)/C=C/c1ccc(Br)cc1. The number of esters is 1. The number of carboxylic acids is 1. The van der Waals surface area contributed by atoms with E-state index in [-0.39, 0.29) is 11.7 Å². The van der Waals surface area contributed by atoms with Crippen molar-refractivity contribution in [3.8, 4) is 11.5 Å². The van der Waals surface area contributed by atoms with E-state index in [2.05, 4.69) is 20.9 Å². The van der Waals surface area contributed by atoms with Gasteiger partial charge in [0, 0.05) is 16.8 Å². The minimum atomic E-state index is -0.980. The van der Waals surface area contributed by atoms with Crippen molar-refractivity contribution in [2.45, 2.75) is 19.9 Å². The Hall–Kier alpha value is -2.93. The third-order valence-corrected chi connectivity index (χ3v) is 4.48. The van der Waals surface area contributed by atoms with Gasteiger partial charge in [0.15, 0.2) is 11.5 Å². The summed E-state index contributed by atoms with van der Waals surface area (Å²) in [4.78, 5) is 27.5. The minimum absolute atomic E-state index is 0.136. The molecule has 2 rings (SSSR count). The van der Waals surface area contributed by atoms with Crippen LogP contribution in [-0.2, 0) is 9.59 Å². The van der Waals surface area contributed by atoms with Crippen LogP contribution in [0, 0.1) is 5.92 Å². The molecular formula is C22H22BrNO5. The van der Waals surface area contributed by atoms with Gasteiger partial charge in [0.2, 0.25) is 0 Å². The van der Waals surface area contributed by atoms with E-state index >= 15 is 0 Å². The number of benzene rings is 2. The molecule has 2 aromatic carbocycles. The number of carbonyl (C=O) groups excluding carboxylic acids is 1. The van der Waals surface area contributed by atoms with Crippen LogP contribution >= 0.6 is 15.9 Å². The number of ether oxygens (including phenoxy) is 2. The summed E-state index contributed by atoms with van der Waals surface area (Å²) in [5.41, 5.74) is 1.50. The van der Waals surface area contributed by atoms with E-state index in [0.29, 0.717) is 11.3 Å². The van der Waals surface area contributed by atoms with Gasteiger partial charge in [0.25, 0.3) is 0 Å². The Morgan fingerprint density at radius 2 is 1.72 bits per heavy atom. The molecule has 0 aliphatic rings. The molecule has 0 radical (unpaired) electrons. The van der Waals surface area contributed by atoms with Gasteiger partial charge in [0.05, 0.1) is 7.11 Å². The van der Waals surface area contributed by atoms with Gasteiger partial charge in [-0.15, -0.1) is 0 Å². The summed E-state index contributed by atoms with van der Waals surface area (Å²) >= 11 is 3.36. The molecular weight excluding hydrogens is 438 g/mol. The molecule has 29 heavy (non-hydrogen) atoms. The summed E-state index contributed by atoms with van der Waals surface area (Å²) in [5, 5.41) is 9.21. The first kappa shape index (κ1) is 22.4. The van der Waals surface area contributed by atoms with Crippen molar-refractivity contribution >= 4 is 40.2 Å².